The molecule has 0 unspecified atom stereocenters. The van der Waals surface area contributed by atoms with Crippen molar-refractivity contribution in [3.8, 4) is 0 Å². The van der Waals surface area contributed by atoms with Gasteiger partial charge in [-0.15, -0.1) is 0 Å². The van der Waals surface area contributed by atoms with Gasteiger partial charge in [0.15, 0.2) is 0 Å². The molecule has 1 heterocycles. The van der Waals surface area contributed by atoms with Crippen molar-refractivity contribution in [2.75, 3.05) is 13.1 Å². The number of sulfonamides is 1. The third kappa shape index (κ3) is 4.88. The van der Waals surface area contributed by atoms with Crippen LogP contribution in [-0.2, 0) is 27.0 Å². The van der Waals surface area contributed by atoms with E-state index in [4.69, 9.17) is 11.6 Å². The largest absolute Gasteiger partial charge is 0.349 e. The van der Waals surface area contributed by atoms with Gasteiger partial charge in [0.2, 0.25) is 15.9 Å². The van der Waals surface area contributed by atoms with E-state index in [0.29, 0.717) is 30.0 Å². The zero-order valence-corrected chi connectivity index (χ0v) is 18.5. The van der Waals surface area contributed by atoms with Crippen LogP contribution in [0.4, 0.5) is 0 Å². The molecule has 4 rings (SSSR count). The Morgan fingerprint density at radius 1 is 1.07 bits per heavy atom. The maximum atomic E-state index is 13.0. The van der Waals surface area contributed by atoms with Gasteiger partial charge in [-0.25, -0.2) is 12.7 Å². The van der Waals surface area contributed by atoms with Crippen LogP contribution >= 0.6 is 11.6 Å². The summed E-state index contributed by atoms with van der Waals surface area (Å²) in [6.45, 7) is 0.710. The zero-order chi connectivity index (χ0) is 21.1. The first kappa shape index (κ1) is 21.3. The van der Waals surface area contributed by atoms with E-state index in [0.717, 1.165) is 19.3 Å². The fourth-order valence-electron chi connectivity index (χ4n) is 4.49. The van der Waals surface area contributed by atoms with E-state index >= 15 is 0 Å². The maximum Gasteiger partial charge on any atom is 0.224 e. The van der Waals surface area contributed by atoms with Crippen LogP contribution in [0.2, 0.25) is 5.02 Å². The number of carbonyl (C=O) groups excluding carboxylic acids is 1. The molecule has 160 valence electrons. The van der Waals surface area contributed by atoms with Crippen molar-refractivity contribution >= 4 is 27.5 Å². The molecular formula is C23H27ClN2O3S. The molecule has 7 heteroatoms. The molecule has 0 spiro atoms. The molecule has 30 heavy (non-hydrogen) atoms. The summed E-state index contributed by atoms with van der Waals surface area (Å²) in [7, 11) is -3.49. The molecule has 0 bridgehead atoms. The molecule has 1 aliphatic carbocycles. The van der Waals surface area contributed by atoms with Gasteiger partial charge in [-0.1, -0.05) is 48.0 Å². The number of rotatable bonds is 5. The van der Waals surface area contributed by atoms with Crippen LogP contribution in [-0.4, -0.2) is 31.7 Å². The second kappa shape index (κ2) is 9.08. The molecular weight excluding hydrogens is 420 g/mol. The van der Waals surface area contributed by atoms with Crippen molar-refractivity contribution in [1.29, 1.82) is 0 Å². The normalized spacial score (nSPS) is 22.3. The summed E-state index contributed by atoms with van der Waals surface area (Å²) in [4.78, 5) is 13.0. The number of nitrogens with zero attached hydrogens (tertiary/aromatic N) is 1. The molecule has 1 saturated heterocycles. The summed E-state index contributed by atoms with van der Waals surface area (Å²) in [5.41, 5.74) is 3.19. The molecule has 1 N–H and O–H groups in total. The highest BCUT2D eigenvalue weighted by molar-refractivity contribution is 7.88. The first-order valence-corrected chi connectivity index (χ1v) is 12.5. The molecule has 0 radical (unpaired) electrons. The van der Waals surface area contributed by atoms with Gasteiger partial charge in [0.25, 0.3) is 0 Å². The van der Waals surface area contributed by atoms with Crippen LogP contribution in [0, 0.1) is 5.92 Å². The Morgan fingerprint density at radius 3 is 2.63 bits per heavy atom. The Balaban J connectivity index is 1.41. The van der Waals surface area contributed by atoms with Crippen molar-refractivity contribution in [2.24, 2.45) is 5.92 Å². The van der Waals surface area contributed by atoms with Crippen LogP contribution in [0.1, 0.15) is 48.4 Å². The molecule has 1 fully saturated rings. The lowest BCUT2D eigenvalue weighted by atomic mass is 9.87. The molecule has 0 aromatic heterocycles. The number of halogens is 1. The van der Waals surface area contributed by atoms with E-state index in [1.807, 2.05) is 12.1 Å². The Morgan fingerprint density at radius 2 is 1.83 bits per heavy atom. The maximum absolute atomic E-state index is 13.0. The quantitative estimate of drug-likeness (QED) is 0.752. The minimum atomic E-state index is -3.49. The summed E-state index contributed by atoms with van der Waals surface area (Å²) in [6, 6.07) is 15.1. The molecule has 0 saturated carbocycles. The molecule has 2 aliphatic rings. The number of fused-ring (bicyclic) bond motifs is 1. The lowest BCUT2D eigenvalue weighted by Crippen LogP contribution is -2.46. The number of nitrogens with one attached hydrogen (secondary N) is 1. The van der Waals surface area contributed by atoms with Crippen LogP contribution < -0.4 is 5.32 Å². The van der Waals surface area contributed by atoms with Gasteiger partial charge >= 0.3 is 0 Å². The summed E-state index contributed by atoms with van der Waals surface area (Å²) >= 11 is 5.89. The predicted molar refractivity (Wildman–Crippen MR) is 119 cm³/mol. The molecule has 5 nitrogen and oxygen atoms in total. The fraction of sp³-hybridized carbons (Fsp3) is 0.435. The third-order valence-corrected chi connectivity index (χ3v) is 8.17. The van der Waals surface area contributed by atoms with Crippen molar-refractivity contribution in [2.45, 2.75) is 43.9 Å². The topological polar surface area (TPSA) is 66.5 Å². The highest BCUT2D eigenvalue weighted by Gasteiger charge is 2.33. The van der Waals surface area contributed by atoms with E-state index in [1.165, 1.54) is 15.4 Å². The number of benzene rings is 2. The molecule has 2 aromatic carbocycles. The van der Waals surface area contributed by atoms with E-state index in [2.05, 4.69) is 17.4 Å². The van der Waals surface area contributed by atoms with Crippen LogP contribution in [0.15, 0.2) is 48.5 Å². The second-order valence-electron chi connectivity index (χ2n) is 8.23. The van der Waals surface area contributed by atoms with E-state index in [-0.39, 0.29) is 30.2 Å². The summed E-state index contributed by atoms with van der Waals surface area (Å²) in [6.07, 6.45) is 4.43. The predicted octanol–water partition coefficient (Wildman–Crippen LogP) is 4.08. The zero-order valence-electron chi connectivity index (χ0n) is 16.9. The van der Waals surface area contributed by atoms with E-state index < -0.39 is 10.0 Å². The Kier molecular flexibility index (Phi) is 6.46. The standard InChI is InChI=1S/C23H27ClN2O3S/c24-20-12-10-17(11-13-20)16-30(28,29)26-14-4-7-19(15-26)23(27)25-22-9-3-6-18-5-1-2-8-21(18)22/h1-2,5,8,10-13,19,22H,3-4,6-7,9,14-16H2,(H,25,27)/t19-,22-/m1/s1. The smallest absolute Gasteiger partial charge is 0.224 e. The van der Waals surface area contributed by atoms with Crippen LogP contribution in [0.3, 0.4) is 0 Å². The monoisotopic (exact) mass is 446 g/mol. The third-order valence-electron chi connectivity index (χ3n) is 6.10. The summed E-state index contributed by atoms with van der Waals surface area (Å²) in [5.74, 6) is -0.426. The van der Waals surface area contributed by atoms with Crippen LogP contribution in [0.5, 0.6) is 0 Å². The molecule has 1 aliphatic heterocycles. The van der Waals surface area contributed by atoms with Gasteiger partial charge in [0.05, 0.1) is 17.7 Å². The number of hydrogen-bond acceptors (Lipinski definition) is 3. The van der Waals surface area contributed by atoms with Crippen molar-refractivity contribution in [1.82, 2.24) is 9.62 Å². The number of hydrogen-bond donors (Lipinski definition) is 1. The first-order chi connectivity index (χ1) is 14.4. The SMILES string of the molecule is O=C(N[C@@H]1CCCc2ccccc21)[C@@H]1CCCN(S(=O)(=O)Cc2ccc(Cl)cc2)C1. The van der Waals surface area contributed by atoms with Gasteiger partial charge in [-0.05, 0) is 60.9 Å². The fourth-order valence-corrected chi connectivity index (χ4v) is 6.22. The molecule has 2 aromatic rings. The van der Waals surface area contributed by atoms with E-state index in [9.17, 15) is 13.2 Å². The average Bonchev–Trinajstić information content (AvgIpc) is 2.75. The number of carbonyl (C=O) groups is 1. The lowest BCUT2D eigenvalue weighted by molar-refractivity contribution is -0.127. The highest BCUT2D eigenvalue weighted by Crippen LogP contribution is 2.30. The van der Waals surface area contributed by atoms with Gasteiger partial charge in [-0.2, -0.15) is 0 Å². The average molecular weight is 447 g/mol. The van der Waals surface area contributed by atoms with Gasteiger partial charge in [-0.3, -0.25) is 4.79 Å². The number of amides is 1. The van der Waals surface area contributed by atoms with Gasteiger partial charge in [0, 0.05) is 18.1 Å². The molecule has 2 atom stereocenters. The minimum Gasteiger partial charge on any atom is -0.349 e. The number of piperidine rings is 1. The van der Waals surface area contributed by atoms with Gasteiger partial charge in [0.1, 0.15) is 0 Å². The first-order valence-electron chi connectivity index (χ1n) is 10.5. The lowest BCUT2D eigenvalue weighted by Gasteiger charge is -2.33. The van der Waals surface area contributed by atoms with Crippen molar-refractivity contribution in [3.05, 3.63) is 70.2 Å². The van der Waals surface area contributed by atoms with Gasteiger partial charge < -0.3 is 5.32 Å². The Bertz CT molecular complexity index is 1010. The van der Waals surface area contributed by atoms with Crippen molar-refractivity contribution < 1.29 is 13.2 Å². The summed E-state index contributed by atoms with van der Waals surface area (Å²) < 4.78 is 27.3. The second-order valence-corrected chi connectivity index (χ2v) is 10.6. The number of aryl methyl sites for hydroxylation is 1. The molecule has 1 amide bonds. The highest BCUT2D eigenvalue weighted by atomic mass is 35.5. The van der Waals surface area contributed by atoms with Crippen LogP contribution in [0.25, 0.3) is 0 Å². The van der Waals surface area contributed by atoms with Crippen molar-refractivity contribution in [3.63, 3.8) is 0 Å². The summed E-state index contributed by atoms with van der Waals surface area (Å²) in [5, 5.41) is 3.78. The minimum absolute atomic E-state index is 0.0171. The van der Waals surface area contributed by atoms with E-state index in [1.54, 1.807) is 24.3 Å². The Hall–Kier alpha value is -1.89. The Labute approximate surface area is 183 Å².